The summed E-state index contributed by atoms with van der Waals surface area (Å²) in [6, 6.07) is 12.0. The van der Waals surface area contributed by atoms with Gasteiger partial charge in [-0.05, 0) is 41.5 Å². The minimum absolute atomic E-state index is 0.00131. The van der Waals surface area contributed by atoms with Crippen molar-refractivity contribution in [1.29, 1.82) is 0 Å². The predicted molar refractivity (Wildman–Crippen MR) is 204 cm³/mol. The number of rotatable bonds is 23. The van der Waals surface area contributed by atoms with E-state index in [2.05, 4.69) is 5.32 Å². The Kier molecular flexibility index (Phi) is 18.7. The minimum Gasteiger partial charge on any atom is -0.462 e. The first-order valence-electron chi connectivity index (χ1n) is 17.9. The number of aliphatic hydroxyl groups excluding tert-OH is 2. The Morgan fingerprint density at radius 3 is 2.17 bits per heavy atom. The number of hydrogen-bond donors (Lipinski definition) is 4. The molecule has 1 amide bonds. The molecule has 0 saturated carbocycles. The van der Waals surface area contributed by atoms with Crippen molar-refractivity contribution in [2.75, 3.05) is 18.1 Å². The Morgan fingerprint density at radius 2 is 1.58 bits per heavy atom. The van der Waals surface area contributed by atoms with Crippen molar-refractivity contribution >= 4 is 56.0 Å². The van der Waals surface area contributed by atoms with E-state index in [9.17, 15) is 37.8 Å². The molecule has 0 aliphatic heterocycles. The number of unbranched alkanes of at least 4 members (excludes halogenated alkanes) is 1. The van der Waals surface area contributed by atoms with E-state index in [4.69, 9.17) is 15.2 Å². The first-order valence-corrected chi connectivity index (χ1v) is 20.7. The number of esters is 2. The average molecular weight is 767 g/mol. The molecule has 7 atom stereocenters. The third kappa shape index (κ3) is 15.1. The molecule has 2 aromatic rings. The van der Waals surface area contributed by atoms with E-state index in [1.807, 2.05) is 77.1 Å². The van der Waals surface area contributed by atoms with Crippen LogP contribution >= 0.6 is 11.8 Å². The molecule has 5 N–H and O–H groups in total. The van der Waals surface area contributed by atoms with Gasteiger partial charge in [-0.2, -0.15) is 0 Å². The molecule has 2 unspecified atom stereocenters. The van der Waals surface area contributed by atoms with Crippen LogP contribution in [-0.2, 0) is 44.9 Å². The molecule has 0 fully saturated rings. The van der Waals surface area contributed by atoms with Crippen LogP contribution in [0.5, 0.6) is 0 Å². The third-order valence-corrected chi connectivity index (χ3v) is 11.5. The van der Waals surface area contributed by atoms with Gasteiger partial charge in [-0.3, -0.25) is 19.2 Å². The molecular weight excluding hydrogens is 709 g/mol. The summed E-state index contributed by atoms with van der Waals surface area (Å²) in [5, 5.41) is 26.1. The Hall–Kier alpha value is -3.04. The monoisotopic (exact) mass is 766 g/mol. The number of nitrogens with two attached hydrogens (primary N) is 1. The van der Waals surface area contributed by atoms with Crippen LogP contribution in [0.4, 0.5) is 0 Å². The molecule has 14 heteroatoms. The summed E-state index contributed by atoms with van der Waals surface area (Å²) in [6.07, 6.45) is -2.50. The van der Waals surface area contributed by atoms with Crippen molar-refractivity contribution in [3.05, 3.63) is 48.0 Å². The van der Waals surface area contributed by atoms with Gasteiger partial charge in [-0.25, -0.2) is 8.42 Å². The fraction of sp³-hybridized carbons (Fsp3) is 0.632. The molecule has 0 aromatic heterocycles. The number of aliphatic hydroxyl groups is 2. The van der Waals surface area contributed by atoms with E-state index in [0.29, 0.717) is 18.4 Å². The standard InChI is InChI=1S/C38H58N2O10S2/c1-8-9-17-33(34(43)32(18-23(2)3)35(44)36(45)37(39)51-24(4)5)40-38(46)29(19-28-15-12-14-27-13-10-11-16-31(27)28)21-52(47,48)22-30(50-26(7)42)20-49-25(6)41/h10-16,23-24,29-30,32-33,35-37,44-45H,8-9,17-22,39H2,1-7H3,(H,40,46)/t29-,30?,32-,33+,35-,36-,37?/m1/s1. The van der Waals surface area contributed by atoms with Crippen LogP contribution in [0.15, 0.2) is 42.5 Å². The van der Waals surface area contributed by atoms with Crippen LogP contribution in [-0.4, -0.2) is 95.4 Å². The number of Topliss-reactive ketones (excluding diaryl/α,β-unsaturated/α-hetero) is 1. The Balaban J connectivity index is 2.52. The third-order valence-electron chi connectivity index (χ3n) is 8.54. The Bertz CT molecular complexity index is 1580. The first-order chi connectivity index (χ1) is 24.3. The van der Waals surface area contributed by atoms with Crippen molar-refractivity contribution in [3.8, 4) is 0 Å². The van der Waals surface area contributed by atoms with Crippen molar-refractivity contribution in [2.24, 2.45) is 23.5 Å². The minimum atomic E-state index is -4.14. The van der Waals surface area contributed by atoms with Crippen LogP contribution in [0.2, 0.25) is 0 Å². The Labute approximate surface area is 312 Å². The van der Waals surface area contributed by atoms with Gasteiger partial charge in [0.2, 0.25) is 5.91 Å². The fourth-order valence-electron chi connectivity index (χ4n) is 6.18. The van der Waals surface area contributed by atoms with Gasteiger partial charge in [0.1, 0.15) is 18.8 Å². The second kappa shape index (κ2) is 21.6. The van der Waals surface area contributed by atoms with E-state index < -0.39 is 93.1 Å². The van der Waals surface area contributed by atoms with E-state index in [0.717, 1.165) is 24.6 Å². The summed E-state index contributed by atoms with van der Waals surface area (Å²) in [4.78, 5) is 51.8. The van der Waals surface area contributed by atoms with Crippen molar-refractivity contribution in [3.63, 3.8) is 0 Å². The maximum atomic E-state index is 14.3. The number of fused-ring (bicyclic) bond motifs is 1. The highest BCUT2D eigenvalue weighted by Gasteiger charge is 2.40. The summed E-state index contributed by atoms with van der Waals surface area (Å²) in [5.74, 6) is -6.24. The van der Waals surface area contributed by atoms with Crippen molar-refractivity contribution in [2.45, 2.75) is 116 Å². The summed E-state index contributed by atoms with van der Waals surface area (Å²) in [5.41, 5.74) is 6.91. The van der Waals surface area contributed by atoms with Gasteiger partial charge in [-0.1, -0.05) is 89.9 Å². The lowest BCUT2D eigenvalue weighted by molar-refractivity contribution is -0.154. The smallest absolute Gasteiger partial charge is 0.303 e. The number of benzene rings is 2. The molecule has 0 aliphatic rings. The zero-order chi connectivity index (χ0) is 39.2. The molecule has 0 radical (unpaired) electrons. The lowest BCUT2D eigenvalue weighted by Gasteiger charge is -2.33. The number of ketones is 1. The summed E-state index contributed by atoms with van der Waals surface area (Å²) < 4.78 is 37.5. The second-order valence-electron chi connectivity index (χ2n) is 14.1. The number of carbonyl (C=O) groups is 4. The number of carbonyl (C=O) groups excluding carboxylic acids is 4. The molecule has 52 heavy (non-hydrogen) atoms. The maximum absolute atomic E-state index is 14.3. The van der Waals surface area contributed by atoms with E-state index in [1.54, 1.807) is 0 Å². The molecule has 0 saturated heterocycles. The van der Waals surface area contributed by atoms with Crippen molar-refractivity contribution in [1.82, 2.24) is 5.32 Å². The zero-order valence-electron chi connectivity index (χ0n) is 31.4. The summed E-state index contributed by atoms with van der Waals surface area (Å²) in [7, 11) is -4.14. The van der Waals surface area contributed by atoms with Gasteiger partial charge >= 0.3 is 11.9 Å². The lowest BCUT2D eigenvalue weighted by atomic mass is 9.82. The first kappa shape index (κ1) is 45.1. The van der Waals surface area contributed by atoms with Crippen LogP contribution in [0.3, 0.4) is 0 Å². The SMILES string of the molecule is CCCC[C@H](NC(=O)[C@H](Cc1cccc2ccccc12)CS(=O)(=O)CC(COC(C)=O)OC(C)=O)C(=O)[C@@H](CC(C)C)[C@@H](O)[C@@H](O)C(N)SC(C)C. The maximum Gasteiger partial charge on any atom is 0.303 e. The number of sulfone groups is 1. The topological polar surface area (TPSA) is 199 Å². The van der Waals surface area contributed by atoms with Gasteiger partial charge in [0.25, 0.3) is 0 Å². The fourth-order valence-corrected chi connectivity index (χ4v) is 8.88. The number of amides is 1. The molecule has 2 aromatic carbocycles. The zero-order valence-corrected chi connectivity index (χ0v) is 33.1. The quantitative estimate of drug-likeness (QED) is 0.0940. The number of hydrogen-bond acceptors (Lipinski definition) is 12. The molecule has 2 rings (SSSR count). The van der Waals surface area contributed by atoms with E-state index >= 15 is 0 Å². The van der Waals surface area contributed by atoms with E-state index in [-0.39, 0.29) is 30.4 Å². The number of thioether (sulfide) groups is 1. The molecule has 0 spiro atoms. The molecule has 0 bridgehead atoms. The molecule has 0 heterocycles. The van der Waals surface area contributed by atoms with Gasteiger partial charge < -0.3 is 30.7 Å². The van der Waals surface area contributed by atoms with Gasteiger partial charge in [-0.15, -0.1) is 11.8 Å². The molecular formula is C38H58N2O10S2. The van der Waals surface area contributed by atoms with Crippen LogP contribution in [0.1, 0.15) is 79.7 Å². The number of nitrogens with one attached hydrogen (secondary N) is 1. The van der Waals surface area contributed by atoms with Crippen LogP contribution in [0.25, 0.3) is 10.8 Å². The van der Waals surface area contributed by atoms with Crippen molar-refractivity contribution < 1.29 is 47.3 Å². The highest BCUT2D eigenvalue weighted by molar-refractivity contribution is 8.00. The summed E-state index contributed by atoms with van der Waals surface area (Å²) >= 11 is 1.27. The highest BCUT2D eigenvalue weighted by Crippen LogP contribution is 2.28. The normalized spacial score (nSPS) is 16.1. The average Bonchev–Trinajstić information content (AvgIpc) is 3.05. The lowest BCUT2D eigenvalue weighted by Crippen LogP contribution is -2.53. The van der Waals surface area contributed by atoms with Gasteiger partial charge in [0, 0.05) is 25.0 Å². The second-order valence-corrected chi connectivity index (χ2v) is 18.0. The van der Waals surface area contributed by atoms with Crippen LogP contribution in [0, 0.1) is 17.8 Å². The van der Waals surface area contributed by atoms with Crippen LogP contribution < -0.4 is 11.1 Å². The van der Waals surface area contributed by atoms with Gasteiger partial charge in [0.15, 0.2) is 15.6 Å². The summed E-state index contributed by atoms with van der Waals surface area (Å²) in [6.45, 7) is 11.3. The van der Waals surface area contributed by atoms with Gasteiger partial charge in [0.05, 0.1) is 34.9 Å². The predicted octanol–water partition coefficient (Wildman–Crippen LogP) is 3.96. The highest BCUT2D eigenvalue weighted by atomic mass is 32.2. The largest absolute Gasteiger partial charge is 0.462 e. The van der Waals surface area contributed by atoms with E-state index in [1.165, 1.54) is 11.8 Å². The molecule has 12 nitrogen and oxygen atoms in total. The Morgan fingerprint density at radius 1 is 0.923 bits per heavy atom. The molecule has 292 valence electrons. The molecule has 0 aliphatic carbocycles. The number of ether oxygens (including phenoxy) is 2.